The first-order chi connectivity index (χ1) is 21.0. The van der Waals surface area contributed by atoms with Crippen LogP contribution < -0.4 is 14.4 Å². The molecule has 0 spiro atoms. The van der Waals surface area contributed by atoms with E-state index in [4.69, 9.17) is 4.74 Å². The number of nitrogens with one attached hydrogen (secondary N) is 1. The summed E-state index contributed by atoms with van der Waals surface area (Å²) in [5.41, 5.74) is 2.35. The van der Waals surface area contributed by atoms with Gasteiger partial charge in [0.15, 0.2) is 0 Å². The number of sulfonamides is 1. The topological polar surface area (TPSA) is 102 Å². The first-order valence-electron chi connectivity index (χ1n) is 13.5. The lowest BCUT2D eigenvalue weighted by molar-refractivity contribution is -0.122. The van der Waals surface area contributed by atoms with Crippen LogP contribution in [0.2, 0.25) is 0 Å². The number of amides is 1. The number of para-hydroxylation sites is 1. The van der Waals surface area contributed by atoms with Crippen molar-refractivity contribution in [3.8, 4) is 16.9 Å². The minimum absolute atomic E-state index is 0.0293. The number of anilines is 1. The molecule has 5 rings (SSSR count). The van der Waals surface area contributed by atoms with Crippen LogP contribution in [-0.2, 0) is 26.0 Å². The number of esters is 1. The number of fused-ring (bicyclic) bond motifs is 1. The molecule has 8 nitrogen and oxygen atoms in total. The van der Waals surface area contributed by atoms with Gasteiger partial charge in [0.2, 0.25) is 5.91 Å². The van der Waals surface area contributed by atoms with Gasteiger partial charge in [-0.3, -0.25) is 9.10 Å². The summed E-state index contributed by atoms with van der Waals surface area (Å²) in [4.78, 5) is 24.8. The molecule has 4 aromatic carbocycles. The van der Waals surface area contributed by atoms with Gasteiger partial charge < -0.3 is 14.8 Å². The fourth-order valence-corrected chi connectivity index (χ4v) is 6.77. The van der Waals surface area contributed by atoms with Crippen molar-refractivity contribution in [2.24, 2.45) is 0 Å². The van der Waals surface area contributed by atoms with Gasteiger partial charge in [-0.05, 0) is 59.5 Å². The van der Waals surface area contributed by atoms with Crippen molar-refractivity contribution >= 4 is 27.6 Å². The number of carbonyl (C=O) groups excluding carboxylic acids is 2. The fourth-order valence-electron chi connectivity index (χ4n) is 5.12. The van der Waals surface area contributed by atoms with Crippen molar-refractivity contribution in [3.63, 3.8) is 0 Å². The standard InChI is InChI=1S/C32H27F3N2O6S/c1-19-15-22(33)9-12-25(19)20-7-10-24(11-8-20)44(40,41)37-28-6-4-3-5-21(28)16-29(37)31(38)36-13-14-43-23-17-26(34)30(27(35)18-23)32(39)42-2/h3-12,15,17-18,29H,13-14,16H2,1-2H3,(H,36,38)/t29-/m0/s1. The molecule has 0 saturated carbocycles. The van der Waals surface area contributed by atoms with E-state index in [0.717, 1.165) is 29.1 Å². The van der Waals surface area contributed by atoms with Gasteiger partial charge in [0.1, 0.15) is 41.4 Å². The van der Waals surface area contributed by atoms with Gasteiger partial charge in [-0.15, -0.1) is 0 Å². The monoisotopic (exact) mass is 624 g/mol. The van der Waals surface area contributed by atoms with Crippen LogP contribution in [0.1, 0.15) is 21.5 Å². The Morgan fingerprint density at radius 1 is 0.955 bits per heavy atom. The van der Waals surface area contributed by atoms with E-state index in [9.17, 15) is 31.2 Å². The van der Waals surface area contributed by atoms with Gasteiger partial charge in [-0.2, -0.15) is 0 Å². The van der Waals surface area contributed by atoms with Crippen LogP contribution in [0.15, 0.2) is 83.8 Å². The average Bonchev–Trinajstić information content (AvgIpc) is 3.40. The van der Waals surface area contributed by atoms with E-state index in [1.165, 1.54) is 24.3 Å². The third-order valence-electron chi connectivity index (χ3n) is 7.21. The highest BCUT2D eigenvalue weighted by molar-refractivity contribution is 7.93. The maximum Gasteiger partial charge on any atom is 0.343 e. The van der Waals surface area contributed by atoms with Crippen molar-refractivity contribution in [2.45, 2.75) is 24.3 Å². The molecule has 1 aliphatic heterocycles. The summed E-state index contributed by atoms with van der Waals surface area (Å²) in [5, 5.41) is 2.63. The van der Waals surface area contributed by atoms with Crippen LogP contribution in [0.5, 0.6) is 5.75 Å². The molecule has 4 aromatic rings. The third kappa shape index (κ3) is 5.98. The third-order valence-corrected chi connectivity index (χ3v) is 9.05. The van der Waals surface area contributed by atoms with Crippen LogP contribution >= 0.6 is 0 Å². The number of nitrogens with zero attached hydrogens (tertiary/aromatic N) is 1. The maximum atomic E-state index is 14.2. The molecule has 228 valence electrons. The van der Waals surface area contributed by atoms with Crippen LogP contribution in [0.3, 0.4) is 0 Å². The van der Waals surface area contributed by atoms with Gasteiger partial charge in [-0.25, -0.2) is 26.4 Å². The van der Waals surface area contributed by atoms with E-state index in [0.29, 0.717) is 22.4 Å². The normalized spacial score (nSPS) is 14.2. The van der Waals surface area contributed by atoms with Crippen LogP contribution in [0.4, 0.5) is 18.9 Å². The Hall–Kier alpha value is -4.84. The zero-order valence-corrected chi connectivity index (χ0v) is 24.5. The lowest BCUT2D eigenvalue weighted by Gasteiger charge is -2.26. The van der Waals surface area contributed by atoms with Crippen molar-refractivity contribution < 1.29 is 40.7 Å². The molecule has 12 heteroatoms. The van der Waals surface area contributed by atoms with E-state index in [2.05, 4.69) is 10.1 Å². The predicted octanol–water partition coefficient (Wildman–Crippen LogP) is 5.18. The molecule has 44 heavy (non-hydrogen) atoms. The van der Waals surface area contributed by atoms with Gasteiger partial charge in [-0.1, -0.05) is 36.4 Å². The fraction of sp³-hybridized carbons (Fsp3) is 0.188. The molecular weight excluding hydrogens is 597 g/mol. The van der Waals surface area contributed by atoms with E-state index in [-0.39, 0.29) is 36.0 Å². The number of halogens is 3. The molecule has 1 atom stereocenters. The van der Waals surface area contributed by atoms with Gasteiger partial charge in [0.25, 0.3) is 10.0 Å². The second-order valence-electron chi connectivity index (χ2n) is 10.0. The largest absolute Gasteiger partial charge is 0.492 e. The highest BCUT2D eigenvalue weighted by Crippen LogP contribution is 2.37. The summed E-state index contributed by atoms with van der Waals surface area (Å²) < 4.78 is 80.6. The Kier molecular flexibility index (Phi) is 8.63. The highest BCUT2D eigenvalue weighted by Gasteiger charge is 2.42. The lowest BCUT2D eigenvalue weighted by Crippen LogP contribution is -2.48. The molecule has 0 aromatic heterocycles. The lowest BCUT2D eigenvalue weighted by atomic mass is 10.0. The second-order valence-corrected chi connectivity index (χ2v) is 11.8. The molecule has 1 aliphatic rings. The number of methoxy groups -OCH3 is 1. The number of hydrogen-bond acceptors (Lipinski definition) is 6. The number of aryl methyl sites for hydroxylation is 1. The molecule has 1 N–H and O–H groups in total. The zero-order valence-electron chi connectivity index (χ0n) is 23.6. The number of carbonyl (C=O) groups is 2. The van der Waals surface area contributed by atoms with E-state index in [1.54, 1.807) is 49.4 Å². The number of rotatable bonds is 9. The number of hydrogen-bond donors (Lipinski definition) is 1. The Labute approximate surface area is 252 Å². The molecule has 1 heterocycles. The number of ether oxygens (including phenoxy) is 2. The Bertz CT molecular complexity index is 1820. The average molecular weight is 625 g/mol. The molecule has 0 aliphatic carbocycles. The minimum atomic E-state index is -4.20. The number of benzene rings is 4. The zero-order chi connectivity index (χ0) is 31.6. The minimum Gasteiger partial charge on any atom is -0.492 e. The summed E-state index contributed by atoms with van der Waals surface area (Å²) in [7, 11) is -3.20. The van der Waals surface area contributed by atoms with E-state index < -0.39 is 45.1 Å². The van der Waals surface area contributed by atoms with Crippen molar-refractivity contribution in [1.29, 1.82) is 0 Å². The summed E-state index contributed by atoms with van der Waals surface area (Å²) in [6.45, 7) is 1.46. The smallest absolute Gasteiger partial charge is 0.343 e. The summed E-state index contributed by atoms with van der Waals surface area (Å²) in [5.74, 6) is -4.67. The molecule has 0 bridgehead atoms. The highest BCUT2D eigenvalue weighted by atomic mass is 32.2. The van der Waals surface area contributed by atoms with E-state index >= 15 is 0 Å². The van der Waals surface area contributed by atoms with Crippen LogP contribution in [0.25, 0.3) is 11.1 Å². The summed E-state index contributed by atoms with van der Waals surface area (Å²) in [6.07, 6.45) is 0.125. The molecule has 0 unspecified atom stereocenters. The van der Waals surface area contributed by atoms with E-state index in [1.807, 2.05) is 0 Å². The molecule has 1 amide bonds. The SMILES string of the molecule is COC(=O)c1c(F)cc(OCCNC(=O)[C@@H]2Cc3ccccc3N2S(=O)(=O)c2ccc(-c3ccc(F)cc3C)cc2)cc1F. The first-order valence-corrected chi connectivity index (χ1v) is 14.9. The van der Waals surface area contributed by atoms with Crippen molar-refractivity contribution in [3.05, 3.63) is 113 Å². The quantitative estimate of drug-likeness (QED) is 0.204. The maximum absolute atomic E-state index is 14.2. The second kappa shape index (κ2) is 12.4. The summed E-state index contributed by atoms with van der Waals surface area (Å²) in [6, 6.07) is 17.8. The van der Waals surface area contributed by atoms with Gasteiger partial charge >= 0.3 is 5.97 Å². The van der Waals surface area contributed by atoms with Crippen molar-refractivity contribution in [2.75, 3.05) is 24.6 Å². The molecular formula is C32H27F3N2O6S. The Morgan fingerprint density at radius 2 is 1.64 bits per heavy atom. The molecule has 0 radical (unpaired) electrons. The first kappa shape index (κ1) is 30.6. The Morgan fingerprint density at radius 3 is 2.30 bits per heavy atom. The predicted molar refractivity (Wildman–Crippen MR) is 156 cm³/mol. The van der Waals surface area contributed by atoms with Crippen LogP contribution in [0, 0.1) is 24.4 Å². The van der Waals surface area contributed by atoms with Gasteiger partial charge in [0, 0.05) is 18.6 Å². The molecule has 0 saturated heterocycles. The van der Waals surface area contributed by atoms with Crippen molar-refractivity contribution in [1.82, 2.24) is 5.32 Å². The van der Waals surface area contributed by atoms with Gasteiger partial charge in [0.05, 0.1) is 24.2 Å². The van der Waals surface area contributed by atoms with Crippen LogP contribution in [-0.4, -0.2) is 46.6 Å². The summed E-state index contributed by atoms with van der Waals surface area (Å²) >= 11 is 0. The molecule has 0 fully saturated rings. The Balaban J connectivity index is 1.31.